The standard InChI is InChI=1S/C10H13BF3NO3/c1-9(2,3)18-11(17)6-4-7(10(12,13)14)8(16)15-5-6/h4-5,17H,1-3H3,(H,15,16). The largest absolute Gasteiger partial charge is 0.493 e. The van der Waals surface area contributed by atoms with E-state index in [0.717, 1.165) is 6.20 Å². The van der Waals surface area contributed by atoms with Crippen LogP contribution in [0.1, 0.15) is 26.3 Å². The number of rotatable bonds is 2. The van der Waals surface area contributed by atoms with Gasteiger partial charge in [0.1, 0.15) is 5.56 Å². The molecule has 1 aromatic rings. The van der Waals surface area contributed by atoms with E-state index < -0.39 is 30.0 Å². The second-order valence-corrected chi connectivity index (χ2v) is 4.76. The number of pyridine rings is 1. The van der Waals surface area contributed by atoms with Gasteiger partial charge in [-0.25, -0.2) is 0 Å². The van der Waals surface area contributed by atoms with Gasteiger partial charge in [0.15, 0.2) is 0 Å². The average molecular weight is 263 g/mol. The Morgan fingerprint density at radius 2 is 1.89 bits per heavy atom. The molecule has 18 heavy (non-hydrogen) atoms. The fraction of sp³-hybridized carbons (Fsp3) is 0.500. The fourth-order valence-corrected chi connectivity index (χ4v) is 1.26. The second kappa shape index (κ2) is 4.77. The number of aromatic amines is 1. The Labute approximate surface area is 102 Å². The van der Waals surface area contributed by atoms with Crippen molar-refractivity contribution in [2.45, 2.75) is 32.5 Å². The van der Waals surface area contributed by atoms with Crippen LogP contribution in [-0.4, -0.2) is 22.7 Å². The predicted molar refractivity (Wildman–Crippen MR) is 60.5 cm³/mol. The zero-order valence-electron chi connectivity index (χ0n) is 10.1. The van der Waals surface area contributed by atoms with Gasteiger partial charge >= 0.3 is 13.3 Å². The van der Waals surface area contributed by atoms with Crippen molar-refractivity contribution in [3.63, 3.8) is 0 Å². The van der Waals surface area contributed by atoms with E-state index in [1.165, 1.54) is 0 Å². The molecule has 0 radical (unpaired) electrons. The molecule has 0 aliphatic carbocycles. The van der Waals surface area contributed by atoms with Crippen LogP contribution in [0.25, 0.3) is 0 Å². The quantitative estimate of drug-likeness (QED) is 0.779. The van der Waals surface area contributed by atoms with Crippen LogP contribution in [-0.2, 0) is 10.8 Å². The van der Waals surface area contributed by atoms with Gasteiger partial charge in [0.25, 0.3) is 5.56 Å². The van der Waals surface area contributed by atoms with Gasteiger partial charge in [0.2, 0.25) is 0 Å². The Morgan fingerprint density at radius 3 is 2.33 bits per heavy atom. The van der Waals surface area contributed by atoms with Gasteiger partial charge in [0, 0.05) is 11.8 Å². The van der Waals surface area contributed by atoms with E-state index in [1.807, 2.05) is 4.98 Å². The van der Waals surface area contributed by atoms with E-state index in [0.29, 0.717) is 6.07 Å². The van der Waals surface area contributed by atoms with Crippen LogP contribution in [0, 0.1) is 0 Å². The van der Waals surface area contributed by atoms with Crippen molar-refractivity contribution in [1.29, 1.82) is 0 Å². The number of hydrogen-bond acceptors (Lipinski definition) is 3. The molecule has 0 amide bonds. The molecule has 1 rings (SSSR count). The van der Waals surface area contributed by atoms with E-state index in [-0.39, 0.29) is 5.46 Å². The molecular formula is C10H13BF3NO3. The molecule has 1 aromatic heterocycles. The molecule has 0 atom stereocenters. The van der Waals surface area contributed by atoms with Crippen LogP contribution in [0.5, 0.6) is 0 Å². The normalized spacial score (nSPS) is 12.6. The zero-order valence-corrected chi connectivity index (χ0v) is 10.1. The van der Waals surface area contributed by atoms with E-state index in [1.54, 1.807) is 20.8 Å². The monoisotopic (exact) mass is 263 g/mol. The molecule has 0 saturated carbocycles. The summed E-state index contributed by atoms with van der Waals surface area (Å²) in [4.78, 5) is 13.0. The number of aromatic nitrogens is 1. The third-order valence-electron chi connectivity index (χ3n) is 1.98. The molecule has 0 aromatic carbocycles. The van der Waals surface area contributed by atoms with Gasteiger partial charge in [-0.05, 0) is 32.3 Å². The maximum Gasteiger partial charge on any atom is 0.493 e. The molecule has 0 bridgehead atoms. The van der Waals surface area contributed by atoms with Crippen LogP contribution in [0.4, 0.5) is 13.2 Å². The molecule has 0 aliphatic rings. The molecule has 100 valence electrons. The zero-order chi connectivity index (χ0) is 14.1. The van der Waals surface area contributed by atoms with Crippen molar-refractivity contribution < 1.29 is 22.8 Å². The highest BCUT2D eigenvalue weighted by atomic mass is 19.4. The van der Waals surface area contributed by atoms with E-state index in [4.69, 9.17) is 4.65 Å². The number of H-pyrrole nitrogens is 1. The molecule has 2 N–H and O–H groups in total. The van der Waals surface area contributed by atoms with Crippen LogP contribution >= 0.6 is 0 Å². The number of nitrogens with one attached hydrogen (secondary N) is 1. The smallest absolute Gasteiger partial charge is 0.423 e. The molecule has 0 unspecified atom stereocenters. The third kappa shape index (κ3) is 3.88. The lowest BCUT2D eigenvalue weighted by Gasteiger charge is -2.22. The minimum atomic E-state index is -4.77. The molecule has 0 aliphatic heterocycles. The SMILES string of the molecule is CC(C)(C)OB(O)c1c[nH]c(=O)c(C(F)(F)F)c1. The first-order chi connectivity index (χ1) is 8.00. The third-order valence-corrected chi connectivity index (χ3v) is 1.98. The lowest BCUT2D eigenvalue weighted by Crippen LogP contribution is -2.42. The first kappa shape index (κ1) is 14.8. The Morgan fingerprint density at radius 1 is 1.33 bits per heavy atom. The molecule has 1 heterocycles. The summed E-state index contributed by atoms with van der Waals surface area (Å²) in [5, 5.41) is 9.63. The Kier molecular flexibility index (Phi) is 3.92. The molecular weight excluding hydrogens is 250 g/mol. The Bertz CT molecular complexity index is 478. The molecule has 4 nitrogen and oxygen atoms in total. The van der Waals surface area contributed by atoms with Gasteiger partial charge in [-0.2, -0.15) is 13.2 Å². The van der Waals surface area contributed by atoms with Crippen LogP contribution < -0.4 is 11.0 Å². The van der Waals surface area contributed by atoms with Crippen LogP contribution in [0.3, 0.4) is 0 Å². The average Bonchev–Trinajstić information content (AvgIpc) is 2.13. The predicted octanol–water partition coefficient (Wildman–Crippen LogP) is 0.896. The van der Waals surface area contributed by atoms with Crippen molar-refractivity contribution in [3.8, 4) is 0 Å². The summed E-state index contributed by atoms with van der Waals surface area (Å²) in [6, 6.07) is 0.579. The van der Waals surface area contributed by atoms with Crippen LogP contribution in [0.2, 0.25) is 0 Å². The van der Waals surface area contributed by atoms with Crippen molar-refractivity contribution in [2.75, 3.05) is 0 Å². The first-order valence-corrected chi connectivity index (χ1v) is 5.16. The van der Waals surface area contributed by atoms with Crippen molar-refractivity contribution in [3.05, 3.63) is 28.2 Å². The van der Waals surface area contributed by atoms with Crippen molar-refractivity contribution in [1.82, 2.24) is 4.98 Å². The highest BCUT2D eigenvalue weighted by molar-refractivity contribution is 6.60. The number of hydrogen-bond donors (Lipinski definition) is 2. The Balaban J connectivity index is 3.10. The van der Waals surface area contributed by atoms with Gasteiger partial charge < -0.3 is 14.7 Å². The maximum absolute atomic E-state index is 12.5. The number of alkyl halides is 3. The first-order valence-electron chi connectivity index (χ1n) is 5.16. The van der Waals surface area contributed by atoms with E-state index in [2.05, 4.69) is 0 Å². The van der Waals surface area contributed by atoms with Gasteiger partial charge in [0.05, 0.1) is 0 Å². The highest BCUT2D eigenvalue weighted by Gasteiger charge is 2.35. The number of halogens is 3. The van der Waals surface area contributed by atoms with Crippen molar-refractivity contribution >= 4 is 12.6 Å². The summed E-state index contributed by atoms with van der Waals surface area (Å²) in [5.74, 6) is 0. The van der Waals surface area contributed by atoms with E-state index in [9.17, 15) is 23.0 Å². The van der Waals surface area contributed by atoms with Crippen LogP contribution in [0.15, 0.2) is 17.1 Å². The lowest BCUT2D eigenvalue weighted by atomic mass is 9.79. The van der Waals surface area contributed by atoms with Gasteiger partial charge in [-0.1, -0.05) is 0 Å². The minimum absolute atomic E-state index is 0.156. The summed E-state index contributed by atoms with van der Waals surface area (Å²) in [5.41, 5.74) is -3.50. The lowest BCUT2D eigenvalue weighted by molar-refractivity contribution is -0.138. The fourth-order valence-electron chi connectivity index (χ4n) is 1.26. The minimum Gasteiger partial charge on any atom is -0.423 e. The van der Waals surface area contributed by atoms with Gasteiger partial charge in [-0.15, -0.1) is 0 Å². The summed E-state index contributed by atoms with van der Waals surface area (Å²) < 4.78 is 42.6. The summed E-state index contributed by atoms with van der Waals surface area (Å²) in [6.45, 7) is 4.94. The molecule has 0 saturated heterocycles. The van der Waals surface area contributed by atoms with Gasteiger partial charge in [-0.3, -0.25) is 4.79 Å². The summed E-state index contributed by atoms with van der Waals surface area (Å²) in [7, 11) is -1.54. The summed E-state index contributed by atoms with van der Waals surface area (Å²) in [6.07, 6.45) is -3.78. The van der Waals surface area contributed by atoms with Crippen molar-refractivity contribution in [2.24, 2.45) is 0 Å². The molecule has 0 spiro atoms. The highest BCUT2D eigenvalue weighted by Crippen LogP contribution is 2.25. The topological polar surface area (TPSA) is 62.3 Å². The maximum atomic E-state index is 12.5. The summed E-state index contributed by atoms with van der Waals surface area (Å²) >= 11 is 0. The molecule has 0 fully saturated rings. The second-order valence-electron chi connectivity index (χ2n) is 4.76. The molecule has 8 heteroatoms. The van der Waals surface area contributed by atoms with E-state index >= 15 is 0 Å². The Hall–Kier alpha value is -1.28.